The van der Waals surface area contributed by atoms with E-state index in [0.29, 0.717) is 0 Å². The molecule has 1 atom stereocenters. The first-order chi connectivity index (χ1) is 11.5. The number of benzene rings is 1. The van der Waals surface area contributed by atoms with E-state index in [0.717, 1.165) is 38.5 Å². The summed E-state index contributed by atoms with van der Waals surface area (Å²) in [6, 6.07) is 10.7. The fraction of sp³-hybridized carbons (Fsp3) is 0.611. The van der Waals surface area contributed by atoms with Crippen LogP contribution in [0.3, 0.4) is 0 Å². The first-order valence-electron chi connectivity index (χ1n) is 8.81. The maximum absolute atomic E-state index is 4.42. The van der Waals surface area contributed by atoms with Crippen LogP contribution in [0.25, 0.3) is 0 Å². The van der Waals surface area contributed by atoms with Crippen molar-refractivity contribution in [3.8, 4) is 0 Å². The normalized spacial score (nSPS) is 18.7. The lowest BCUT2D eigenvalue weighted by atomic mass is 10.0. The van der Waals surface area contributed by atoms with Gasteiger partial charge in [0.25, 0.3) is 0 Å². The van der Waals surface area contributed by atoms with Crippen molar-refractivity contribution in [1.82, 2.24) is 30.0 Å². The summed E-state index contributed by atoms with van der Waals surface area (Å²) in [5.41, 5.74) is 1.11. The lowest BCUT2D eigenvalue weighted by Crippen LogP contribution is -2.48. The minimum atomic E-state index is -0.142. The van der Waals surface area contributed by atoms with Crippen LogP contribution in [0.2, 0.25) is 0 Å². The number of rotatable bonds is 4. The molecule has 3 rings (SSSR count). The standard InChI is InChI=1S/C18H28N6/c1-5-22-11-13-23(14-12-22)16(15-9-7-6-8-10-15)17-19-20-21-24(17)18(2,3)4/h6-10,16H,5,11-14H2,1-4H3. The van der Waals surface area contributed by atoms with E-state index in [1.165, 1.54) is 5.56 Å². The Morgan fingerprint density at radius 2 is 1.71 bits per heavy atom. The highest BCUT2D eigenvalue weighted by atomic mass is 15.6. The predicted octanol–water partition coefficient (Wildman–Crippen LogP) is 2.15. The molecule has 24 heavy (non-hydrogen) atoms. The maximum Gasteiger partial charge on any atom is 0.173 e. The molecule has 6 heteroatoms. The van der Waals surface area contributed by atoms with Crippen molar-refractivity contribution < 1.29 is 0 Å². The van der Waals surface area contributed by atoms with E-state index in [1.54, 1.807) is 0 Å². The summed E-state index contributed by atoms with van der Waals surface area (Å²) in [5, 5.41) is 12.7. The summed E-state index contributed by atoms with van der Waals surface area (Å²) in [6.07, 6.45) is 0. The van der Waals surface area contributed by atoms with Crippen LogP contribution in [0.5, 0.6) is 0 Å². The molecule has 1 fully saturated rings. The Kier molecular flexibility index (Phi) is 4.96. The summed E-state index contributed by atoms with van der Waals surface area (Å²) in [4.78, 5) is 5.00. The third-order valence-electron chi connectivity index (χ3n) is 4.71. The SMILES string of the molecule is CCN1CCN(C(c2ccccc2)c2nnnn2C(C)(C)C)CC1. The smallest absolute Gasteiger partial charge is 0.173 e. The number of nitrogens with zero attached hydrogens (tertiary/aromatic N) is 6. The second-order valence-corrected chi connectivity index (χ2v) is 7.40. The molecule has 1 aromatic carbocycles. The molecule has 0 bridgehead atoms. The van der Waals surface area contributed by atoms with Gasteiger partial charge < -0.3 is 4.90 Å². The van der Waals surface area contributed by atoms with E-state index in [9.17, 15) is 0 Å². The molecule has 1 aliphatic heterocycles. The van der Waals surface area contributed by atoms with Gasteiger partial charge in [0.05, 0.1) is 11.6 Å². The summed E-state index contributed by atoms with van der Waals surface area (Å²) in [6.45, 7) is 14.0. The van der Waals surface area contributed by atoms with Crippen molar-refractivity contribution in [3.05, 3.63) is 41.7 Å². The summed E-state index contributed by atoms with van der Waals surface area (Å²) < 4.78 is 1.97. The number of hydrogen-bond acceptors (Lipinski definition) is 5. The van der Waals surface area contributed by atoms with Gasteiger partial charge in [-0.05, 0) is 43.3 Å². The van der Waals surface area contributed by atoms with E-state index < -0.39 is 0 Å². The van der Waals surface area contributed by atoms with Crippen molar-refractivity contribution in [3.63, 3.8) is 0 Å². The lowest BCUT2D eigenvalue weighted by Gasteiger charge is -2.39. The predicted molar refractivity (Wildman–Crippen MR) is 94.8 cm³/mol. The van der Waals surface area contributed by atoms with Crippen LogP contribution in [-0.2, 0) is 5.54 Å². The zero-order valence-electron chi connectivity index (χ0n) is 15.2. The topological polar surface area (TPSA) is 50.1 Å². The maximum atomic E-state index is 4.42. The van der Waals surface area contributed by atoms with Gasteiger partial charge in [0.15, 0.2) is 5.82 Å². The van der Waals surface area contributed by atoms with Crippen molar-refractivity contribution in [1.29, 1.82) is 0 Å². The van der Waals surface area contributed by atoms with Crippen LogP contribution in [-0.4, -0.2) is 62.7 Å². The van der Waals surface area contributed by atoms with Gasteiger partial charge in [-0.3, -0.25) is 4.90 Å². The molecule has 0 aliphatic carbocycles. The van der Waals surface area contributed by atoms with Crippen molar-refractivity contribution in [2.75, 3.05) is 32.7 Å². The summed E-state index contributed by atoms with van der Waals surface area (Å²) in [7, 11) is 0. The van der Waals surface area contributed by atoms with Gasteiger partial charge in [-0.1, -0.05) is 37.3 Å². The van der Waals surface area contributed by atoms with Gasteiger partial charge in [-0.2, -0.15) is 0 Å². The van der Waals surface area contributed by atoms with E-state index >= 15 is 0 Å². The molecule has 1 aliphatic rings. The Balaban J connectivity index is 1.97. The highest BCUT2D eigenvalue weighted by Gasteiger charge is 2.32. The minimum Gasteiger partial charge on any atom is -0.301 e. The molecule has 130 valence electrons. The molecular weight excluding hydrogens is 300 g/mol. The monoisotopic (exact) mass is 328 g/mol. The number of piperazine rings is 1. The molecular formula is C18H28N6. The Morgan fingerprint density at radius 3 is 2.29 bits per heavy atom. The Morgan fingerprint density at radius 1 is 1.04 bits per heavy atom. The van der Waals surface area contributed by atoms with Gasteiger partial charge in [-0.15, -0.1) is 5.10 Å². The molecule has 1 unspecified atom stereocenters. The average molecular weight is 328 g/mol. The Hall–Kier alpha value is -1.79. The van der Waals surface area contributed by atoms with Crippen LogP contribution in [0.15, 0.2) is 30.3 Å². The van der Waals surface area contributed by atoms with E-state index in [-0.39, 0.29) is 11.6 Å². The molecule has 0 N–H and O–H groups in total. The number of likely N-dealkylation sites (N-methyl/N-ethyl adjacent to an activating group) is 1. The van der Waals surface area contributed by atoms with Crippen LogP contribution in [0.4, 0.5) is 0 Å². The van der Waals surface area contributed by atoms with Crippen molar-refractivity contribution in [2.45, 2.75) is 39.3 Å². The molecule has 2 aromatic rings. The van der Waals surface area contributed by atoms with Gasteiger partial charge in [0.2, 0.25) is 0 Å². The van der Waals surface area contributed by atoms with Crippen LogP contribution >= 0.6 is 0 Å². The largest absolute Gasteiger partial charge is 0.301 e. The summed E-state index contributed by atoms with van der Waals surface area (Å²) >= 11 is 0. The van der Waals surface area contributed by atoms with Gasteiger partial charge >= 0.3 is 0 Å². The first-order valence-corrected chi connectivity index (χ1v) is 8.81. The third-order valence-corrected chi connectivity index (χ3v) is 4.71. The first kappa shape index (κ1) is 17.0. The van der Waals surface area contributed by atoms with Crippen LogP contribution in [0.1, 0.15) is 45.1 Å². The van der Waals surface area contributed by atoms with Crippen molar-refractivity contribution in [2.24, 2.45) is 0 Å². The fourth-order valence-electron chi connectivity index (χ4n) is 3.34. The highest BCUT2D eigenvalue weighted by molar-refractivity contribution is 5.25. The molecule has 0 saturated carbocycles. The lowest BCUT2D eigenvalue weighted by molar-refractivity contribution is 0.106. The second-order valence-electron chi connectivity index (χ2n) is 7.40. The van der Waals surface area contributed by atoms with E-state index in [1.807, 2.05) is 4.68 Å². The third kappa shape index (κ3) is 3.49. The van der Waals surface area contributed by atoms with Crippen molar-refractivity contribution >= 4 is 0 Å². The molecule has 1 saturated heterocycles. The van der Waals surface area contributed by atoms with Gasteiger partial charge in [0, 0.05) is 26.2 Å². The molecule has 1 aromatic heterocycles. The zero-order chi connectivity index (χ0) is 17.2. The van der Waals surface area contributed by atoms with Gasteiger partial charge in [-0.25, -0.2) is 4.68 Å². The molecule has 0 radical (unpaired) electrons. The number of tetrazole rings is 1. The Labute approximate surface area is 144 Å². The zero-order valence-corrected chi connectivity index (χ0v) is 15.2. The molecule has 2 heterocycles. The van der Waals surface area contributed by atoms with Gasteiger partial charge in [0.1, 0.15) is 0 Å². The quantitative estimate of drug-likeness (QED) is 0.861. The molecule has 6 nitrogen and oxygen atoms in total. The molecule has 0 spiro atoms. The highest BCUT2D eigenvalue weighted by Crippen LogP contribution is 2.30. The molecule has 0 amide bonds. The van der Waals surface area contributed by atoms with Crippen LogP contribution < -0.4 is 0 Å². The van der Waals surface area contributed by atoms with E-state index in [2.05, 4.69) is 83.4 Å². The second kappa shape index (κ2) is 6.99. The summed E-state index contributed by atoms with van der Waals surface area (Å²) in [5.74, 6) is 0.929. The van der Waals surface area contributed by atoms with Crippen LogP contribution in [0, 0.1) is 0 Å². The minimum absolute atomic E-state index is 0.0967. The Bertz CT molecular complexity index is 637. The number of hydrogen-bond donors (Lipinski definition) is 0. The number of aromatic nitrogens is 4. The average Bonchev–Trinajstić information content (AvgIpc) is 3.06. The fourth-order valence-corrected chi connectivity index (χ4v) is 3.34. The van der Waals surface area contributed by atoms with E-state index in [4.69, 9.17) is 0 Å².